The lowest BCUT2D eigenvalue weighted by atomic mass is 9.78. The standard InChI is InChI=1S/C16H17N3O2/c1-17-9-7-16(17)10-18(11-16)15(21)19-8-6-12-4-2-3-5-13(12)14(19)20/h2-6,8H,7,9-11H2,1H3. The molecule has 2 aliphatic heterocycles. The van der Waals surface area contributed by atoms with E-state index >= 15 is 0 Å². The number of hydrogen-bond donors (Lipinski definition) is 0. The van der Waals surface area contributed by atoms with Gasteiger partial charge in [-0.1, -0.05) is 18.2 Å². The first-order chi connectivity index (χ1) is 10.1. The number of hydrogen-bond acceptors (Lipinski definition) is 3. The lowest BCUT2D eigenvalue weighted by Crippen LogP contribution is -2.76. The molecule has 0 atom stereocenters. The van der Waals surface area contributed by atoms with E-state index in [-0.39, 0.29) is 17.1 Å². The molecule has 5 heteroatoms. The summed E-state index contributed by atoms with van der Waals surface area (Å²) in [5, 5.41) is 1.45. The Hall–Kier alpha value is -2.14. The zero-order valence-electron chi connectivity index (χ0n) is 12.0. The molecule has 0 aliphatic carbocycles. The third kappa shape index (κ3) is 1.67. The molecule has 2 aromatic rings. The van der Waals surface area contributed by atoms with Gasteiger partial charge in [-0.25, -0.2) is 9.36 Å². The molecule has 1 aromatic heterocycles. The first-order valence-corrected chi connectivity index (χ1v) is 7.22. The average molecular weight is 283 g/mol. The summed E-state index contributed by atoms with van der Waals surface area (Å²) in [5.74, 6) is 0. The molecule has 1 spiro atoms. The summed E-state index contributed by atoms with van der Waals surface area (Å²) in [4.78, 5) is 29.0. The maximum atomic E-state index is 12.5. The van der Waals surface area contributed by atoms with Crippen LogP contribution in [0.4, 0.5) is 4.79 Å². The molecule has 0 saturated carbocycles. The minimum Gasteiger partial charge on any atom is -0.320 e. The summed E-state index contributed by atoms with van der Waals surface area (Å²) in [6.07, 6.45) is 2.72. The number of likely N-dealkylation sites (tertiary alicyclic amines) is 2. The van der Waals surface area contributed by atoms with Gasteiger partial charge in [0.15, 0.2) is 0 Å². The second-order valence-corrected chi connectivity index (χ2v) is 6.11. The summed E-state index contributed by atoms with van der Waals surface area (Å²) in [6.45, 7) is 2.54. The van der Waals surface area contributed by atoms with Crippen molar-refractivity contribution in [3.05, 3.63) is 46.9 Å². The summed E-state index contributed by atoms with van der Waals surface area (Å²) >= 11 is 0. The molecule has 0 unspecified atom stereocenters. The molecule has 2 aliphatic rings. The molecule has 108 valence electrons. The van der Waals surface area contributed by atoms with Gasteiger partial charge >= 0.3 is 6.03 Å². The minimum atomic E-state index is -0.235. The van der Waals surface area contributed by atoms with E-state index in [0.717, 1.165) is 31.4 Å². The van der Waals surface area contributed by atoms with E-state index in [0.29, 0.717) is 5.39 Å². The van der Waals surface area contributed by atoms with Gasteiger partial charge in [0.1, 0.15) is 0 Å². The van der Waals surface area contributed by atoms with Crippen molar-refractivity contribution in [1.82, 2.24) is 14.4 Å². The topological polar surface area (TPSA) is 45.5 Å². The summed E-state index contributed by atoms with van der Waals surface area (Å²) in [6, 6.07) is 8.96. The second-order valence-electron chi connectivity index (χ2n) is 6.11. The largest absolute Gasteiger partial charge is 0.331 e. The van der Waals surface area contributed by atoms with E-state index in [2.05, 4.69) is 11.9 Å². The van der Waals surface area contributed by atoms with Crippen molar-refractivity contribution < 1.29 is 4.79 Å². The fourth-order valence-electron chi connectivity index (χ4n) is 3.34. The normalized spacial score (nSPS) is 20.3. The Morgan fingerprint density at radius 3 is 2.62 bits per heavy atom. The van der Waals surface area contributed by atoms with Crippen LogP contribution in [0.5, 0.6) is 0 Å². The van der Waals surface area contributed by atoms with Crippen LogP contribution in [-0.4, -0.2) is 52.6 Å². The molecule has 3 heterocycles. The quantitative estimate of drug-likeness (QED) is 0.733. The number of pyridine rings is 1. The number of fused-ring (bicyclic) bond motifs is 1. The van der Waals surface area contributed by atoms with Crippen LogP contribution in [0.25, 0.3) is 10.8 Å². The SMILES string of the molecule is CN1CCC12CN(C(=O)n1ccc3ccccc3c1=O)C2. The van der Waals surface area contributed by atoms with Crippen LogP contribution in [0, 0.1) is 0 Å². The van der Waals surface area contributed by atoms with Gasteiger partial charge in [0.05, 0.1) is 5.54 Å². The molecular weight excluding hydrogens is 266 g/mol. The van der Waals surface area contributed by atoms with Crippen molar-refractivity contribution in [1.29, 1.82) is 0 Å². The van der Waals surface area contributed by atoms with Crippen LogP contribution in [-0.2, 0) is 0 Å². The Kier molecular flexibility index (Phi) is 2.50. The third-order valence-electron chi connectivity index (χ3n) is 4.98. The van der Waals surface area contributed by atoms with Crippen molar-refractivity contribution in [3.63, 3.8) is 0 Å². The van der Waals surface area contributed by atoms with Gasteiger partial charge in [0.2, 0.25) is 0 Å². The summed E-state index contributed by atoms with van der Waals surface area (Å²) < 4.78 is 1.23. The van der Waals surface area contributed by atoms with Gasteiger partial charge in [-0.2, -0.15) is 0 Å². The zero-order valence-corrected chi connectivity index (χ0v) is 12.0. The van der Waals surface area contributed by atoms with Crippen molar-refractivity contribution in [3.8, 4) is 0 Å². The van der Waals surface area contributed by atoms with Crippen LogP contribution in [0.2, 0.25) is 0 Å². The maximum Gasteiger partial charge on any atom is 0.331 e. The Morgan fingerprint density at radius 2 is 1.95 bits per heavy atom. The van der Waals surface area contributed by atoms with Gasteiger partial charge < -0.3 is 4.90 Å². The van der Waals surface area contributed by atoms with Crippen LogP contribution in [0.1, 0.15) is 6.42 Å². The number of nitrogens with zero attached hydrogens (tertiary/aromatic N) is 3. The van der Waals surface area contributed by atoms with Crippen molar-refractivity contribution in [2.45, 2.75) is 12.0 Å². The number of benzene rings is 1. The Balaban J connectivity index is 1.64. The number of amides is 1. The first kappa shape index (κ1) is 12.6. The number of carbonyl (C=O) groups is 1. The lowest BCUT2D eigenvalue weighted by molar-refractivity contribution is -0.0881. The smallest absolute Gasteiger partial charge is 0.320 e. The van der Waals surface area contributed by atoms with E-state index < -0.39 is 0 Å². The Bertz CT molecular complexity index is 789. The molecule has 0 bridgehead atoms. The monoisotopic (exact) mass is 283 g/mol. The molecule has 2 saturated heterocycles. The summed E-state index contributed by atoms with van der Waals surface area (Å²) in [7, 11) is 2.09. The maximum absolute atomic E-state index is 12.5. The fourth-order valence-corrected chi connectivity index (χ4v) is 3.34. The summed E-state index contributed by atoms with van der Waals surface area (Å²) in [5.41, 5.74) is -0.0585. The molecule has 2 fully saturated rings. The van der Waals surface area contributed by atoms with Crippen molar-refractivity contribution in [2.75, 3.05) is 26.7 Å². The number of likely N-dealkylation sites (N-methyl/N-ethyl adjacent to an activating group) is 1. The van der Waals surface area contributed by atoms with E-state index in [1.54, 1.807) is 17.2 Å². The van der Waals surface area contributed by atoms with Crippen molar-refractivity contribution >= 4 is 16.8 Å². The highest BCUT2D eigenvalue weighted by Crippen LogP contribution is 2.37. The predicted molar refractivity (Wildman–Crippen MR) is 80.6 cm³/mol. The van der Waals surface area contributed by atoms with Crippen LogP contribution in [0.3, 0.4) is 0 Å². The zero-order chi connectivity index (χ0) is 14.6. The van der Waals surface area contributed by atoms with Gasteiger partial charge in [-0.15, -0.1) is 0 Å². The highest BCUT2D eigenvalue weighted by atomic mass is 16.2. The van der Waals surface area contributed by atoms with Crippen LogP contribution in [0.15, 0.2) is 41.3 Å². The molecule has 0 N–H and O–H groups in total. The van der Waals surface area contributed by atoms with E-state index in [4.69, 9.17) is 0 Å². The van der Waals surface area contributed by atoms with E-state index in [1.165, 1.54) is 4.57 Å². The molecule has 0 radical (unpaired) electrons. The molecule has 1 amide bonds. The van der Waals surface area contributed by atoms with Crippen LogP contribution >= 0.6 is 0 Å². The van der Waals surface area contributed by atoms with Gasteiger partial charge in [0.25, 0.3) is 5.56 Å². The third-order valence-corrected chi connectivity index (χ3v) is 4.98. The molecule has 1 aromatic carbocycles. The highest BCUT2D eigenvalue weighted by Gasteiger charge is 2.53. The van der Waals surface area contributed by atoms with Gasteiger partial charge in [-0.3, -0.25) is 9.69 Å². The molecule has 4 rings (SSSR count). The number of aromatic nitrogens is 1. The van der Waals surface area contributed by atoms with Gasteiger partial charge in [0, 0.05) is 31.2 Å². The van der Waals surface area contributed by atoms with Crippen molar-refractivity contribution in [2.24, 2.45) is 0 Å². The van der Waals surface area contributed by atoms with E-state index in [9.17, 15) is 9.59 Å². The fraction of sp³-hybridized carbons (Fsp3) is 0.375. The molecule has 5 nitrogen and oxygen atoms in total. The molecule has 21 heavy (non-hydrogen) atoms. The second kappa shape index (κ2) is 4.18. The first-order valence-electron chi connectivity index (χ1n) is 7.22. The lowest BCUT2D eigenvalue weighted by Gasteiger charge is -2.61. The average Bonchev–Trinajstić information content (AvgIpc) is 2.45. The highest BCUT2D eigenvalue weighted by molar-refractivity contribution is 5.86. The minimum absolute atomic E-state index is 0.177. The van der Waals surface area contributed by atoms with E-state index in [1.807, 2.05) is 24.3 Å². The predicted octanol–water partition coefficient (Wildman–Crippen LogP) is 1.36. The molecular formula is C16H17N3O2. The van der Waals surface area contributed by atoms with Gasteiger partial charge in [-0.05, 0) is 31.0 Å². The Labute approximate surface area is 122 Å². The Morgan fingerprint density at radius 1 is 1.19 bits per heavy atom. The van der Waals surface area contributed by atoms with Crippen LogP contribution < -0.4 is 5.56 Å². The number of carbonyl (C=O) groups excluding carboxylic acids is 1. The number of rotatable bonds is 0.